The third-order valence-electron chi connectivity index (χ3n) is 5.30. The molecule has 6 nitrogen and oxygen atoms in total. The van der Waals surface area contributed by atoms with Gasteiger partial charge in [0.25, 0.3) is 0 Å². The summed E-state index contributed by atoms with van der Waals surface area (Å²) in [6.07, 6.45) is 3.62. The first-order chi connectivity index (χ1) is 13.9. The molecule has 2 aromatic rings. The molecule has 1 aliphatic rings. The number of rotatable bonds is 5. The number of hydrogen-bond donors (Lipinski definition) is 4. The lowest BCUT2D eigenvalue weighted by atomic mass is 9.63. The minimum Gasteiger partial charge on any atom is -0.478 e. The van der Waals surface area contributed by atoms with Crippen LogP contribution in [0.4, 0.5) is 0 Å². The van der Waals surface area contributed by atoms with Crippen molar-refractivity contribution >= 4 is 11.9 Å². The van der Waals surface area contributed by atoms with Gasteiger partial charge in [0.2, 0.25) is 0 Å². The number of hydrogen-bond acceptors (Lipinski definition) is 4. The van der Waals surface area contributed by atoms with Crippen molar-refractivity contribution in [2.75, 3.05) is 7.05 Å². The molecule has 6 heteroatoms. The predicted octanol–water partition coefficient (Wildman–Crippen LogP) is 2.82. The zero-order chi connectivity index (χ0) is 21.3. The molecule has 2 aromatic carbocycles. The van der Waals surface area contributed by atoms with Gasteiger partial charge in [-0.3, -0.25) is 0 Å². The molecule has 3 rings (SSSR count). The normalized spacial score (nSPS) is 20.5. The highest BCUT2D eigenvalue weighted by Crippen LogP contribution is 2.44. The van der Waals surface area contributed by atoms with Crippen molar-refractivity contribution in [3.8, 4) is 0 Å². The largest absolute Gasteiger partial charge is 0.478 e. The van der Waals surface area contributed by atoms with Gasteiger partial charge in [0.15, 0.2) is 0 Å². The van der Waals surface area contributed by atoms with E-state index in [1.54, 1.807) is 0 Å². The average Bonchev–Trinajstić information content (AvgIpc) is 2.74. The van der Waals surface area contributed by atoms with E-state index >= 15 is 0 Å². The highest BCUT2D eigenvalue weighted by molar-refractivity contribution is 5.89. The van der Waals surface area contributed by atoms with Gasteiger partial charge in [-0.25, -0.2) is 9.59 Å². The van der Waals surface area contributed by atoms with Crippen LogP contribution in [0, 0.1) is 0 Å². The molecular weight excluding hydrogens is 370 g/mol. The molecule has 0 aliphatic heterocycles. The summed E-state index contributed by atoms with van der Waals surface area (Å²) < 4.78 is 0. The maximum absolute atomic E-state index is 10.6. The average molecular weight is 397 g/mol. The third kappa shape index (κ3) is 6.01. The quantitative estimate of drug-likeness (QED) is 0.578. The van der Waals surface area contributed by atoms with Crippen LogP contribution in [-0.2, 0) is 15.0 Å². The highest BCUT2D eigenvalue weighted by Gasteiger charge is 2.42. The number of aliphatic carboxylic acids is 2. The van der Waals surface area contributed by atoms with Crippen LogP contribution in [0.25, 0.3) is 0 Å². The first-order valence-corrected chi connectivity index (χ1v) is 9.49. The van der Waals surface area contributed by atoms with E-state index in [0.717, 1.165) is 19.3 Å². The molecule has 0 saturated heterocycles. The van der Waals surface area contributed by atoms with Gasteiger partial charge in [-0.05, 0) is 37.4 Å². The lowest BCUT2D eigenvalue weighted by molar-refractivity contribution is -0.134. The topological polar surface area (TPSA) is 107 Å². The van der Waals surface area contributed by atoms with Crippen molar-refractivity contribution in [3.05, 3.63) is 83.9 Å². The number of carboxylic acids is 2. The van der Waals surface area contributed by atoms with Gasteiger partial charge in [0.05, 0.1) is 6.10 Å². The second kappa shape index (κ2) is 10.5. The van der Waals surface area contributed by atoms with Crippen LogP contribution in [0.2, 0.25) is 0 Å². The summed E-state index contributed by atoms with van der Waals surface area (Å²) >= 11 is 0. The van der Waals surface area contributed by atoms with Crippen LogP contribution in [0.15, 0.2) is 72.8 Å². The number of benzene rings is 2. The first-order valence-electron chi connectivity index (χ1n) is 9.49. The summed E-state index contributed by atoms with van der Waals surface area (Å²) in [5.41, 5.74) is 2.55. The van der Waals surface area contributed by atoms with E-state index in [1.807, 2.05) is 7.05 Å². The van der Waals surface area contributed by atoms with E-state index in [-0.39, 0.29) is 17.6 Å². The van der Waals surface area contributed by atoms with E-state index in [9.17, 15) is 14.7 Å². The van der Waals surface area contributed by atoms with Crippen molar-refractivity contribution in [3.63, 3.8) is 0 Å². The monoisotopic (exact) mass is 397 g/mol. The second-order valence-corrected chi connectivity index (χ2v) is 7.03. The summed E-state index contributed by atoms with van der Waals surface area (Å²) in [5.74, 6) is -2.51. The highest BCUT2D eigenvalue weighted by atomic mass is 16.4. The number of aliphatic hydroxyl groups is 1. The number of nitrogens with one attached hydrogen (secondary N) is 1. The second-order valence-electron chi connectivity index (χ2n) is 7.03. The minimum absolute atomic E-state index is 0.0741. The van der Waals surface area contributed by atoms with E-state index in [0.29, 0.717) is 12.2 Å². The summed E-state index contributed by atoms with van der Waals surface area (Å²) in [5, 5.41) is 29.4. The van der Waals surface area contributed by atoms with E-state index in [2.05, 4.69) is 66.0 Å². The van der Waals surface area contributed by atoms with E-state index in [1.165, 1.54) is 11.1 Å². The van der Waals surface area contributed by atoms with Crippen molar-refractivity contribution < 1.29 is 24.9 Å². The number of likely N-dealkylation sites (N-methyl/N-ethyl adjacent to an activating group) is 1. The summed E-state index contributed by atoms with van der Waals surface area (Å²) in [7, 11) is 1.94. The molecule has 4 N–H and O–H groups in total. The fraction of sp³-hybridized carbons (Fsp3) is 0.304. The maximum atomic E-state index is 10.6. The van der Waals surface area contributed by atoms with Crippen molar-refractivity contribution in [2.45, 2.75) is 36.8 Å². The van der Waals surface area contributed by atoms with Gasteiger partial charge in [-0.2, -0.15) is 0 Å². The zero-order valence-electron chi connectivity index (χ0n) is 16.4. The first kappa shape index (κ1) is 22.3. The van der Waals surface area contributed by atoms with Crippen molar-refractivity contribution in [2.24, 2.45) is 0 Å². The van der Waals surface area contributed by atoms with Gasteiger partial charge in [0.1, 0.15) is 0 Å². The molecule has 0 bridgehead atoms. The molecule has 0 radical (unpaired) electrons. The molecular formula is C23H27NO5. The Hall–Kier alpha value is -2.96. The molecule has 0 aromatic heterocycles. The molecule has 0 amide bonds. The molecule has 29 heavy (non-hydrogen) atoms. The Balaban J connectivity index is 0.000000321. The molecule has 1 fully saturated rings. The fourth-order valence-electron chi connectivity index (χ4n) is 3.88. The number of aliphatic hydroxyl groups excluding tert-OH is 1. The van der Waals surface area contributed by atoms with Gasteiger partial charge in [0, 0.05) is 23.6 Å². The number of carbonyl (C=O) groups is 2. The van der Waals surface area contributed by atoms with Gasteiger partial charge >= 0.3 is 11.9 Å². The maximum Gasteiger partial charge on any atom is 0.328 e. The molecule has 2 unspecified atom stereocenters. The summed E-state index contributed by atoms with van der Waals surface area (Å²) in [4.78, 5) is 19.1. The van der Waals surface area contributed by atoms with Gasteiger partial charge in [-0.1, -0.05) is 60.7 Å². The molecule has 0 spiro atoms. The van der Waals surface area contributed by atoms with E-state index < -0.39 is 11.9 Å². The van der Waals surface area contributed by atoms with Crippen LogP contribution in [0.3, 0.4) is 0 Å². The Morgan fingerprint density at radius 2 is 1.38 bits per heavy atom. The van der Waals surface area contributed by atoms with Gasteiger partial charge in [-0.15, -0.1) is 0 Å². The van der Waals surface area contributed by atoms with Crippen LogP contribution in [-0.4, -0.2) is 46.5 Å². The Bertz CT molecular complexity index is 764. The van der Waals surface area contributed by atoms with Crippen LogP contribution < -0.4 is 5.32 Å². The number of carboxylic acid groups (broad SMARTS) is 2. The Labute approximate surface area is 170 Å². The summed E-state index contributed by atoms with van der Waals surface area (Å²) in [6, 6.07) is 21.5. The van der Waals surface area contributed by atoms with Crippen LogP contribution in [0.5, 0.6) is 0 Å². The Kier molecular flexibility index (Phi) is 8.12. The van der Waals surface area contributed by atoms with Gasteiger partial charge < -0.3 is 20.6 Å². The lowest BCUT2D eigenvalue weighted by Crippen LogP contribution is -2.48. The molecule has 1 aliphatic carbocycles. The fourth-order valence-corrected chi connectivity index (χ4v) is 3.88. The van der Waals surface area contributed by atoms with Crippen LogP contribution in [0.1, 0.15) is 30.4 Å². The standard InChI is InChI=1S/C19H23NO.C4H4O4/c1-20-17-12-13-19(14-18(17)21,15-8-4-2-5-9-15)16-10-6-3-7-11-16;5-3(6)1-2-4(7)8/h2-11,17-18,20-21H,12-14H2,1H3;1-2H,(H,5,6)(H,7,8)/b;2-1-. The minimum atomic E-state index is -1.26. The van der Waals surface area contributed by atoms with Crippen LogP contribution >= 0.6 is 0 Å². The Morgan fingerprint density at radius 3 is 1.72 bits per heavy atom. The van der Waals surface area contributed by atoms with Crippen molar-refractivity contribution in [1.82, 2.24) is 5.32 Å². The summed E-state index contributed by atoms with van der Waals surface area (Å²) in [6.45, 7) is 0. The Morgan fingerprint density at radius 1 is 0.931 bits per heavy atom. The lowest BCUT2D eigenvalue weighted by Gasteiger charge is -2.44. The molecule has 0 heterocycles. The smallest absolute Gasteiger partial charge is 0.328 e. The molecule has 2 atom stereocenters. The van der Waals surface area contributed by atoms with Crippen molar-refractivity contribution in [1.29, 1.82) is 0 Å². The molecule has 1 saturated carbocycles. The zero-order valence-corrected chi connectivity index (χ0v) is 16.4. The SMILES string of the molecule is CNC1CCC(c2ccccc2)(c2ccccc2)CC1O.O=C(O)/C=C\C(=O)O. The predicted molar refractivity (Wildman–Crippen MR) is 111 cm³/mol. The van der Waals surface area contributed by atoms with E-state index in [4.69, 9.17) is 10.2 Å². The molecule has 154 valence electrons. The third-order valence-corrected chi connectivity index (χ3v) is 5.30.